The van der Waals surface area contributed by atoms with Gasteiger partial charge in [-0.3, -0.25) is 9.78 Å². The highest BCUT2D eigenvalue weighted by Gasteiger charge is 1.94. The highest BCUT2D eigenvalue weighted by molar-refractivity contribution is 5.88. The molecular formula is C10H6NO. The molecule has 0 fully saturated rings. The zero-order valence-corrected chi connectivity index (χ0v) is 6.32. The number of fused-ring (bicyclic) bond motifs is 1. The predicted molar refractivity (Wildman–Crippen MR) is 46.5 cm³/mol. The Balaban J connectivity index is 2.75. The number of nitrogens with zero attached hydrogens (tertiary/aromatic N) is 1. The van der Waals surface area contributed by atoms with Gasteiger partial charge in [-0.25, -0.2) is 0 Å². The smallest absolute Gasteiger partial charge is 0.233 e. The molecule has 2 rings (SSSR count). The zero-order valence-electron chi connectivity index (χ0n) is 6.32. The number of hydrogen-bond donors (Lipinski definition) is 0. The Labute approximate surface area is 69.9 Å². The van der Waals surface area contributed by atoms with Crippen LogP contribution >= 0.6 is 0 Å². The number of carbonyl (C=O) groups excluding carboxylic acids is 1. The standard InChI is InChI=1S/C10H6NO/c12-7-8-1-2-10-6-11-4-3-9(10)5-8/h1-6H. The van der Waals surface area contributed by atoms with Crippen molar-refractivity contribution in [2.45, 2.75) is 0 Å². The van der Waals surface area contributed by atoms with E-state index in [9.17, 15) is 4.79 Å². The van der Waals surface area contributed by atoms with Crippen molar-refractivity contribution in [1.82, 2.24) is 4.98 Å². The Morgan fingerprint density at radius 3 is 2.92 bits per heavy atom. The van der Waals surface area contributed by atoms with Crippen molar-refractivity contribution in [3.8, 4) is 0 Å². The van der Waals surface area contributed by atoms with E-state index in [1.54, 1.807) is 24.5 Å². The quantitative estimate of drug-likeness (QED) is 0.628. The molecular weight excluding hydrogens is 150 g/mol. The third-order valence-corrected chi connectivity index (χ3v) is 1.76. The second-order valence-corrected chi connectivity index (χ2v) is 2.54. The third kappa shape index (κ3) is 1.07. The molecule has 2 nitrogen and oxygen atoms in total. The summed E-state index contributed by atoms with van der Waals surface area (Å²) in [6.07, 6.45) is 5.32. The van der Waals surface area contributed by atoms with Gasteiger partial charge in [-0.05, 0) is 17.5 Å². The average Bonchev–Trinajstić information content (AvgIpc) is 2.17. The van der Waals surface area contributed by atoms with Gasteiger partial charge in [0.25, 0.3) is 0 Å². The lowest BCUT2D eigenvalue weighted by molar-refractivity contribution is 0.563. The van der Waals surface area contributed by atoms with Gasteiger partial charge in [0, 0.05) is 23.3 Å². The number of hydrogen-bond acceptors (Lipinski definition) is 2. The Kier molecular flexibility index (Phi) is 1.59. The van der Waals surface area contributed by atoms with Crippen molar-refractivity contribution in [2.24, 2.45) is 0 Å². The van der Waals surface area contributed by atoms with Crippen molar-refractivity contribution in [3.05, 3.63) is 42.2 Å². The maximum atomic E-state index is 10.3. The number of benzene rings is 1. The van der Waals surface area contributed by atoms with E-state index in [4.69, 9.17) is 0 Å². The Morgan fingerprint density at radius 1 is 1.17 bits per heavy atom. The van der Waals surface area contributed by atoms with Crippen LogP contribution in [-0.2, 0) is 4.79 Å². The lowest BCUT2D eigenvalue weighted by Gasteiger charge is -1.95. The molecule has 0 saturated heterocycles. The van der Waals surface area contributed by atoms with Crippen LogP contribution in [0.2, 0.25) is 0 Å². The van der Waals surface area contributed by atoms with Gasteiger partial charge >= 0.3 is 0 Å². The minimum atomic E-state index is 0.578. The first-order chi connectivity index (χ1) is 5.90. The van der Waals surface area contributed by atoms with Crippen LogP contribution in [0.25, 0.3) is 10.8 Å². The van der Waals surface area contributed by atoms with Gasteiger partial charge in [0.05, 0.1) is 0 Å². The van der Waals surface area contributed by atoms with Gasteiger partial charge in [-0.2, -0.15) is 0 Å². The summed E-state index contributed by atoms with van der Waals surface area (Å²) in [6, 6.07) is 7.26. The Bertz CT molecular complexity index is 423. The molecule has 57 valence electrons. The largest absolute Gasteiger partial charge is 0.285 e. The molecule has 1 radical (unpaired) electrons. The summed E-state index contributed by atoms with van der Waals surface area (Å²) in [6.45, 7) is 0. The molecule has 0 aliphatic carbocycles. The van der Waals surface area contributed by atoms with E-state index in [1.165, 1.54) is 0 Å². The van der Waals surface area contributed by atoms with E-state index in [-0.39, 0.29) is 0 Å². The number of aromatic nitrogens is 1. The zero-order chi connectivity index (χ0) is 8.39. The highest BCUT2D eigenvalue weighted by Crippen LogP contribution is 2.12. The van der Waals surface area contributed by atoms with Crippen LogP contribution in [0.15, 0.2) is 36.7 Å². The molecule has 1 aromatic heterocycles. The second kappa shape index (κ2) is 2.74. The average molecular weight is 156 g/mol. The molecule has 0 saturated carbocycles. The van der Waals surface area contributed by atoms with E-state index < -0.39 is 0 Å². The fourth-order valence-corrected chi connectivity index (χ4v) is 1.15. The SMILES string of the molecule is O=[C]c1ccc2cnccc2c1. The van der Waals surface area contributed by atoms with Gasteiger partial charge in [-0.15, -0.1) is 0 Å². The minimum absolute atomic E-state index is 0.578. The number of rotatable bonds is 1. The van der Waals surface area contributed by atoms with Crippen LogP contribution in [-0.4, -0.2) is 11.3 Å². The molecule has 2 aromatic rings. The van der Waals surface area contributed by atoms with Crippen molar-refractivity contribution in [2.75, 3.05) is 0 Å². The molecule has 0 N–H and O–H groups in total. The summed E-state index contributed by atoms with van der Waals surface area (Å²) in [4.78, 5) is 14.3. The fraction of sp³-hybridized carbons (Fsp3) is 0. The van der Waals surface area contributed by atoms with Crippen molar-refractivity contribution < 1.29 is 4.79 Å². The molecule has 1 heterocycles. The van der Waals surface area contributed by atoms with Gasteiger partial charge in [-0.1, -0.05) is 12.1 Å². The van der Waals surface area contributed by atoms with E-state index in [1.807, 2.05) is 18.4 Å². The summed E-state index contributed by atoms with van der Waals surface area (Å²) in [7, 11) is 0. The maximum Gasteiger partial charge on any atom is 0.233 e. The van der Waals surface area contributed by atoms with Gasteiger partial charge in [0.1, 0.15) is 0 Å². The first kappa shape index (κ1) is 6.98. The summed E-state index contributed by atoms with van der Waals surface area (Å²) in [5, 5.41) is 2.06. The Morgan fingerprint density at radius 2 is 2.08 bits per heavy atom. The molecule has 0 amide bonds. The highest BCUT2D eigenvalue weighted by atomic mass is 16.1. The Hall–Kier alpha value is -1.70. The summed E-state index contributed by atoms with van der Waals surface area (Å²) in [5.41, 5.74) is 0.578. The first-order valence-corrected chi connectivity index (χ1v) is 3.62. The van der Waals surface area contributed by atoms with Crippen LogP contribution in [0.1, 0.15) is 5.56 Å². The summed E-state index contributed by atoms with van der Waals surface area (Å²) in [5.74, 6) is 0. The molecule has 0 aliphatic rings. The topological polar surface area (TPSA) is 30.0 Å². The van der Waals surface area contributed by atoms with Crippen LogP contribution in [0, 0.1) is 0 Å². The summed E-state index contributed by atoms with van der Waals surface area (Å²) >= 11 is 0. The molecule has 0 spiro atoms. The van der Waals surface area contributed by atoms with Crippen LogP contribution in [0.3, 0.4) is 0 Å². The van der Waals surface area contributed by atoms with E-state index in [0.29, 0.717) is 5.56 Å². The minimum Gasteiger partial charge on any atom is -0.285 e. The van der Waals surface area contributed by atoms with Crippen LogP contribution in [0.4, 0.5) is 0 Å². The maximum absolute atomic E-state index is 10.3. The lowest BCUT2D eigenvalue weighted by atomic mass is 10.1. The normalized spacial score (nSPS) is 10.0. The van der Waals surface area contributed by atoms with Gasteiger partial charge in [0.2, 0.25) is 6.29 Å². The second-order valence-electron chi connectivity index (χ2n) is 2.54. The van der Waals surface area contributed by atoms with Gasteiger partial charge in [0.15, 0.2) is 0 Å². The molecule has 0 atom stereocenters. The molecule has 12 heavy (non-hydrogen) atoms. The monoisotopic (exact) mass is 156 g/mol. The van der Waals surface area contributed by atoms with Crippen molar-refractivity contribution in [3.63, 3.8) is 0 Å². The fourth-order valence-electron chi connectivity index (χ4n) is 1.15. The van der Waals surface area contributed by atoms with E-state index in [2.05, 4.69) is 4.98 Å². The third-order valence-electron chi connectivity index (χ3n) is 1.76. The predicted octanol–water partition coefficient (Wildman–Crippen LogP) is 1.69. The molecule has 2 heteroatoms. The van der Waals surface area contributed by atoms with Crippen LogP contribution < -0.4 is 0 Å². The lowest BCUT2D eigenvalue weighted by Crippen LogP contribution is -1.80. The summed E-state index contributed by atoms with van der Waals surface area (Å²) < 4.78 is 0. The molecule has 0 unspecified atom stereocenters. The van der Waals surface area contributed by atoms with Gasteiger partial charge < -0.3 is 0 Å². The van der Waals surface area contributed by atoms with Crippen molar-refractivity contribution in [1.29, 1.82) is 0 Å². The number of pyridine rings is 1. The molecule has 0 bridgehead atoms. The first-order valence-electron chi connectivity index (χ1n) is 3.62. The molecule has 1 aromatic carbocycles. The van der Waals surface area contributed by atoms with Crippen molar-refractivity contribution >= 4 is 17.1 Å². The van der Waals surface area contributed by atoms with E-state index >= 15 is 0 Å². The van der Waals surface area contributed by atoms with Crippen LogP contribution in [0.5, 0.6) is 0 Å². The van der Waals surface area contributed by atoms with E-state index in [0.717, 1.165) is 10.8 Å². The molecule has 0 aliphatic heterocycles.